The van der Waals surface area contributed by atoms with Crippen LogP contribution in [0.5, 0.6) is 5.75 Å². The predicted octanol–water partition coefficient (Wildman–Crippen LogP) is 6.89. The van der Waals surface area contributed by atoms with Crippen molar-refractivity contribution in [1.29, 1.82) is 0 Å². The highest BCUT2D eigenvalue weighted by molar-refractivity contribution is 9.10. The molecule has 0 aliphatic heterocycles. The van der Waals surface area contributed by atoms with Crippen molar-refractivity contribution in [3.8, 4) is 5.75 Å². The van der Waals surface area contributed by atoms with Gasteiger partial charge in [-0.25, -0.2) is 10.2 Å². The SMILES string of the molecule is O=C(Oc1ccc2ccccc2c1C=NNC(=O)c1ccccc1Br)c1ccc(Cl)cc1Cl. The molecule has 0 bridgehead atoms. The minimum Gasteiger partial charge on any atom is -0.422 e. The highest BCUT2D eigenvalue weighted by Gasteiger charge is 2.16. The maximum atomic E-state index is 12.8. The topological polar surface area (TPSA) is 67.8 Å². The second-order valence-electron chi connectivity index (χ2n) is 6.89. The first kappa shape index (κ1) is 23.0. The Hall–Kier alpha value is -3.19. The van der Waals surface area contributed by atoms with Gasteiger partial charge in [-0.05, 0) is 63.1 Å². The van der Waals surface area contributed by atoms with Crippen LogP contribution in [0.1, 0.15) is 26.3 Å². The van der Waals surface area contributed by atoms with E-state index in [9.17, 15) is 9.59 Å². The summed E-state index contributed by atoms with van der Waals surface area (Å²) in [6, 6.07) is 22.6. The minimum atomic E-state index is -0.640. The number of carbonyl (C=O) groups excluding carboxylic acids is 2. The molecule has 4 rings (SSSR count). The molecule has 8 heteroatoms. The second kappa shape index (κ2) is 10.2. The summed E-state index contributed by atoms with van der Waals surface area (Å²) in [7, 11) is 0. The second-order valence-corrected chi connectivity index (χ2v) is 8.59. The van der Waals surface area contributed by atoms with Gasteiger partial charge in [0.05, 0.1) is 22.4 Å². The third-order valence-corrected chi connectivity index (χ3v) is 6.00. The van der Waals surface area contributed by atoms with Crippen molar-refractivity contribution in [3.63, 3.8) is 0 Å². The van der Waals surface area contributed by atoms with Crippen molar-refractivity contribution < 1.29 is 14.3 Å². The first-order valence-electron chi connectivity index (χ1n) is 9.71. The van der Waals surface area contributed by atoms with Crippen molar-refractivity contribution in [3.05, 3.63) is 110 Å². The number of benzene rings is 4. The van der Waals surface area contributed by atoms with Gasteiger partial charge >= 0.3 is 5.97 Å². The van der Waals surface area contributed by atoms with Crippen LogP contribution in [-0.2, 0) is 0 Å². The number of hydrogen-bond donors (Lipinski definition) is 1. The molecule has 0 aliphatic carbocycles. The maximum Gasteiger partial charge on any atom is 0.345 e. The summed E-state index contributed by atoms with van der Waals surface area (Å²) in [4.78, 5) is 25.2. The number of hydrogen-bond acceptors (Lipinski definition) is 4. The van der Waals surface area contributed by atoms with E-state index in [1.165, 1.54) is 18.3 Å². The predicted molar refractivity (Wildman–Crippen MR) is 135 cm³/mol. The van der Waals surface area contributed by atoms with Crippen LogP contribution in [0.3, 0.4) is 0 Å². The van der Waals surface area contributed by atoms with Gasteiger partial charge in [0.1, 0.15) is 5.75 Å². The molecule has 0 fully saturated rings. The molecule has 164 valence electrons. The standard InChI is InChI=1S/C25H15BrCl2N2O3/c26-21-8-4-3-7-18(21)24(31)30-29-14-20-17-6-2-1-5-15(17)9-12-23(20)33-25(32)19-11-10-16(27)13-22(19)28/h1-14H,(H,30,31). The van der Waals surface area contributed by atoms with E-state index in [0.717, 1.165) is 10.8 Å². The lowest BCUT2D eigenvalue weighted by Gasteiger charge is -2.11. The Morgan fingerprint density at radius 1 is 0.909 bits per heavy atom. The van der Waals surface area contributed by atoms with Gasteiger partial charge in [0.15, 0.2) is 0 Å². The quantitative estimate of drug-likeness (QED) is 0.129. The molecule has 0 atom stereocenters. The van der Waals surface area contributed by atoms with Crippen LogP contribution in [0.2, 0.25) is 10.0 Å². The number of fused-ring (bicyclic) bond motifs is 1. The fourth-order valence-electron chi connectivity index (χ4n) is 3.17. The molecule has 4 aromatic rings. The van der Waals surface area contributed by atoms with Gasteiger partial charge in [-0.15, -0.1) is 0 Å². The third kappa shape index (κ3) is 5.25. The number of carbonyl (C=O) groups is 2. The zero-order chi connectivity index (χ0) is 23.4. The molecule has 0 radical (unpaired) electrons. The molecule has 33 heavy (non-hydrogen) atoms. The zero-order valence-corrected chi connectivity index (χ0v) is 20.0. The summed E-state index contributed by atoms with van der Waals surface area (Å²) in [5, 5.41) is 6.41. The molecule has 4 aromatic carbocycles. The molecule has 0 saturated carbocycles. The highest BCUT2D eigenvalue weighted by atomic mass is 79.9. The molecule has 0 aromatic heterocycles. The van der Waals surface area contributed by atoms with E-state index < -0.39 is 5.97 Å². The molecular formula is C25H15BrCl2N2O3. The summed E-state index contributed by atoms with van der Waals surface area (Å²) >= 11 is 15.4. The van der Waals surface area contributed by atoms with Crippen LogP contribution in [0.25, 0.3) is 10.8 Å². The Bertz CT molecular complexity index is 1410. The highest BCUT2D eigenvalue weighted by Crippen LogP contribution is 2.29. The molecule has 0 unspecified atom stereocenters. The molecule has 0 spiro atoms. The number of halogens is 3. The molecule has 0 saturated heterocycles. The van der Waals surface area contributed by atoms with Crippen LogP contribution in [0.4, 0.5) is 0 Å². The van der Waals surface area contributed by atoms with E-state index >= 15 is 0 Å². The van der Waals surface area contributed by atoms with E-state index in [1.807, 2.05) is 36.4 Å². The number of rotatable bonds is 5. The average molecular weight is 542 g/mol. The van der Waals surface area contributed by atoms with Crippen molar-refractivity contribution >= 4 is 68.0 Å². The smallest absolute Gasteiger partial charge is 0.345 e. The van der Waals surface area contributed by atoms with Gasteiger partial charge in [-0.3, -0.25) is 4.79 Å². The van der Waals surface area contributed by atoms with Gasteiger partial charge in [0, 0.05) is 15.1 Å². The van der Waals surface area contributed by atoms with E-state index in [2.05, 4.69) is 26.5 Å². The number of amides is 1. The van der Waals surface area contributed by atoms with Crippen LogP contribution in [0.15, 0.2) is 88.4 Å². The molecule has 0 aliphatic rings. The largest absolute Gasteiger partial charge is 0.422 e. The summed E-state index contributed by atoms with van der Waals surface area (Å²) in [5.41, 5.74) is 3.65. The average Bonchev–Trinajstić information content (AvgIpc) is 2.80. The van der Waals surface area contributed by atoms with Crippen LogP contribution in [0, 0.1) is 0 Å². The van der Waals surface area contributed by atoms with Gasteiger partial charge in [-0.1, -0.05) is 65.7 Å². The lowest BCUT2D eigenvalue weighted by molar-refractivity contribution is 0.0734. The number of hydrazone groups is 1. The molecule has 0 heterocycles. The van der Waals surface area contributed by atoms with E-state index in [4.69, 9.17) is 27.9 Å². The van der Waals surface area contributed by atoms with E-state index in [1.54, 1.807) is 30.3 Å². The summed E-state index contributed by atoms with van der Waals surface area (Å²) in [6.45, 7) is 0. The lowest BCUT2D eigenvalue weighted by atomic mass is 10.0. The third-order valence-electron chi connectivity index (χ3n) is 4.76. The number of ether oxygens (including phenoxy) is 1. The Kier molecular flexibility index (Phi) is 7.08. The Balaban J connectivity index is 1.65. The fourth-order valence-corrected chi connectivity index (χ4v) is 4.12. The van der Waals surface area contributed by atoms with Crippen LogP contribution in [-0.4, -0.2) is 18.1 Å². The van der Waals surface area contributed by atoms with Crippen LogP contribution >= 0.6 is 39.1 Å². The molecule has 1 amide bonds. The number of esters is 1. The number of nitrogens with zero attached hydrogens (tertiary/aromatic N) is 1. The summed E-state index contributed by atoms with van der Waals surface area (Å²) in [5.74, 6) is -0.757. The van der Waals surface area contributed by atoms with E-state index in [0.29, 0.717) is 20.6 Å². The van der Waals surface area contributed by atoms with Crippen molar-refractivity contribution in [1.82, 2.24) is 5.43 Å². The zero-order valence-electron chi connectivity index (χ0n) is 16.9. The monoisotopic (exact) mass is 540 g/mol. The van der Waals surface area contributed by atoms with Crippen molar-refractivity contribution in [2.75, 3.05) is 0 Å². The van der Waals surface area contributed by atoms with E-state index in [-0.39, 0.29) is 22.2 Å². The minimum absolute atomic E-state index is 0.180. The molecular weight excluding hydrogens is 527 g/mol. The fraction of sp³-hybridized carbons (Fsp3) is 0. The van der Waals surface area contributed by atoms with Crippen LogP contribution < -0.4 is 10.2 Å². The Morgan fingerprint density at radius 3 is 2.45 bits per heavy atom. The summed E-state index contributed by atoms with van der Waals surface area (Å²) < 4.78 is 6.29. The normalized spacial score (nSPS) is 11.0. The van der Waals surface area contributed by atoms with Crippen molar-refractivity contribution in [2.45, 2.75) is 0 Å². The molecule has 1 N–H and O–H groups in total. The Morgan fingerprint density at radius 2 is 1.67 bits per heavy atom. The van der Waals surface area contributed by atoms with Gasteiger partial charge < -0.3 is 4.74 Å². The molecule has 5 nitrogen and oxygen atoms in total. The van der Waals surface area contributed by atoms with Gasteiger partial charge in [0.2, 0.25) is 0 Å². The maximum absolute atomic E-state index is 12.8. The van der Waals surface area contributed by atoms with Crippen molar-refractivity contribution in [2.24, 2.45) is 5.10 Å². The number of nitrogens with one attached hydrogen (secondary N) is 1. The summed E-state index contributed by atoms with van der Waals surface area (Å²) in [6.07, 6.45) is 1.45. The lowest BCUT2D eigenvalue weighted by Crippen LogP contribution is -2.18. The van der Waals surface area contributed by atoms with Gasteiger partial charge in [0.25, 0.3) is 5.91 Å². The Labute approximate surface area is 208 Å². The first-order valence-corrected chi connectivity index (χ1v) is 11.3. The first-order chi connectivity index (χ1) is 15.9. The van der Waals surface area contributed by atoms with Gasteiger partial charge in [-0.2, -0.15) is 5.10 Å².